The molecule has 26 heavy (non-hydrogen) atoms. The topological polar surface area (TPSA) is 105 Å². The number of benzene rings is 1. The maximum Gasteiger partial charge on any atom is 0.227 e. The van der Waals surface area contributed by atoms with Gasteiger partial charge in [0.15, 0.2) is 0 Å². The van der Waals surface area contributed by atoms with E-state index >= 15 is 0 Å². The molecule has 1 aromatic carbocycles. The summed E-state index contributed by atoms with van der Waals surface area (Å²) in [6.45, 7) is 0. The molecule has 8 nitrogen and oxygen atoms in total. The third-order valence-electron chi connectivity index (χ3n) is 3.68. The van der Waals surface area contributed by atoms with E-state index in [9.17, 15) is 5.26 Å². The van der Waals surface area contributed by atoms with Gasteiger partial charge in [-0.1, -0.05) is 0 Å². The quantitative estimate of drug-likeness (QED) is 0.609. The molecule has 0 atom stereocenters. The highest BCUT2D eigenvalue weighted by Gasteiger charge is 2.08. The highest BCUT2D eigenvalue weighted by molar-refractivity contribution is 5.67. The van der Waals surface area contributed by atoms with Crippen molar-refractivity contribution < 1.29 is 0 Å². The molecule has 3 heterocycles. The van der Waals surface area contributed by atoms with Crippen molar-refractivity contribution >= 4 is 11.6 Å². The van der Waals surface area contributed by atoms with Crippen LogP contribution >= 0.6 is 0 Å². The Hall–Kier alpha value is -4.12. The maximum absolute atomic E-state index is 9.23. The van der Waals surface area contributed by atoms with Crippen LogP contribution in [0.1, 0.15) is 5.56 Å². The lowest BCUT2D eigenvalue weighted by Gasteiger charge is -2.08. The number of nitriles is 1. The van der Waals surface area contributed by atoms with Crippen molar-refractivity contribution in [3.8, 4) is 23.0 Å². The van der Waals surface area contributed by atoms with Gasteiger partial charge in [-0.25, -0.2) is 19.6 Å². The fourth-order valence-corrected chi connectivity index (χ4v) is 2.44. The van der Waals surface area contributed by atoms with Crippen molar-refractivity contribution in [2.45, 2.75) is 0 Å². The van der Waals surface area contributed by atoms with Crippen molar-refractivity contribution in [1.29, 1.82) is 5.26 Å². The molecule has 3 aromatic heterocycles. The standard InChI is InChI=1S/C18H12N8/c19-9-13-10-20-7-5-16(13)17-6-8-22-18(25-17)24-14-1-3-15(4-2-14)26-12-21-11-23-26/h1-8,10-12H,(H,22,24,25). The summed E-state index contributed by atoms with van der Waals surface area (Å²) in [7, 11) is 0. The van der Waals surface area contributed by atoms with Gasteiger partial charge in [0.2, 0.25) is 5.95 Å². The molecule has 0 aliphatic heterocycles. The summed E-state index contributed by atoms with van der Waals surface area (Å²) >= 11 is 0. The van der Waals surface area contributed by atoms with Gasteiger partial charge in [0.05, 0.1) is 16.9 Å². The van der Waals surface area contributed by atoms with Gasteiger partial charge in [0, 0.05) is 29.8 Å². The third kappa shape index (κ3) is 3.09. The normalized spacial score (nSPS) is 10.3. The van der Waals surface area contributed by atoms with E-state index in [4.69, 9.17) is 0 Å². The summed E-state index contributed by atoms with van der Waals surface area (Å²) in [5.74, 6) is 0.441. The molecule has 0 aliphatic rings. The van der Waals surface area contributed by atoms with E-state index in [2.05, 4.69) is 36.4 Å². The average molecular weight is 340 g/mol. The lowest BCUT2D eigenvalue weighted by Crippen LogP contribution is -1.99. The highest BCUT2D eigenvalue weighted by Crippen LogP contribution is 2.22. The summed E-state index contributed by atoms with van der Waals surface area (Å²) in [5.41, 5.74) is 3.57. The minimum absolute atomic E-state index is 0.441. The SMILES string of the molecule is N#Cc1cnccc1-c1ccnc(Nc2ccc(-n3cncn3)cc2)n1. The smallest absolute Gasteiger partial charge is 0.227 e. The summed E-state index contributed by atoms with van der Waals surface area (Å²) in [4.78, 5) is 16.6. The number of pyridine rings is 1. The summed E-state index contributed by atoms with van der Waals surface area (Å²) in [6, 6.07) is 13.3. The van der Waals surface area contributed by atoms with Crippen LogP contribution in [0, 0.1) is 11.3 Å². The van der Waals surface area contributed by atoms with Crippen LogP contribution in [-0.2, 0) is 0 Å². The molecular weight excluding hydrogens is 328 g/mol. The molecule has 0 amide bonds. The molecule has 8 heteroatoms. The predicted octanol–water partition coefficient (Wildman–Crippen LogP) is 2.73. The highest BCUT2D eigenvalue weighted by atomic mass is 15.3. The number of anilines is 2. The van der Waals surface area contributed by atoms with E-state index in [1.54, 1.807) is 35.5 Å². The molecule has 124 valence electrons. The number of nitrogens with one attached hydrogen (secondary N) is 1. The number of hydrogen-bond donors (Lipinski definition) is 1. The average Bonchev–Trinajstić information content (AvgIpc) is 3.23. The Labute approximate surface area is 148 Å². The van der Waals surface area contributed by atoms with Gasteiger partial charge in [-0.15, -0.1) is 0 Å². The van der Waals surface area contributed by atoms with E-state index in [-0.39, 0.29) is 0 Å². The monoisotopic (exact) mass is 340 g/mol. The van der Waals surface area contributed by atoms with Crippen LogP contribution in [0.25, 0.3) is 16.9 Å². The Morgan fingerprint density at radius 2 is 1.88 bits per heavy atom. The molecular formula is C18H12N8. The van der Waals surface area contributed by atoms with Gasteiger partial charge >= 0.3 is 0 Å². The van der Waals surface area contributed by atoms with E-state index in [1.807, 2.05) is 24.3 Å². The van der Waals surface area contributed by atoms with Crippen LogP contribution < -0.4 is 5.32 Å². The van der Waals surface area contributed by atoms with Gasteiger partial charge in [0.25, 0.3) is 0 Å². The minimum atomic E-state index is 0.441. The molecule has 0 aliphatic carbocycles. The molecule has 0 bridgehead atoms. The van der Waals surface area contributed by atoms with Crippen molar-refractivity contribution in [2.75, 3.05) is 5.32 Å². The zero-order chi connectivity index (χ0) is 17.8. The first-order valence-corrected chi connectivity index (χ1v) is 7.73. The molecule has 0 spiro atoms. The van der Waals surface area contributed by atoms with Crippen LogP contribution in [0.5, 0.6) is 0 Å². The Balaban J connectivity index is 1.59. The van der Waals surface area contributed by atoms with Gasteiger partial charge in [-0.05, 0) is 36.4 Å². The first kappa shape index (κ1) is 15.4. The Kier molecular flexibility index (Phi) is 4.02. The molecule has 0 radical (unpaired) electrons. The van der Waals surface area contributed by atoms with Crippen molar-refractivity contribution in [2.24, 2.45) is 0 Å². The van der Waals surface area contributed by atoms with E-state index < -0.39 is 0 Å². The van der Waals surface area contributed by atoms with Crippen LogP contribution in [0.3, 0.4) is 0 Å². The first-order chi connectivity index (χ1) is 12.8. The second kappa shape index (κ2) is 6.78. The Bertz CT molecular complexity index is 1070. The van der Waals surface area contributed by atoms with Crippen molar-refractivity contribution in [1.82, 2.24) is 29.7 Å². The van der Waals surface area contributed by atoms with Crippen LogP contribution in [0.15, 0.2) is 67.6 Å². The molecule has 4 rings (SSSR count). The second-order valence-corrected chi connectivity index (χ2v) is 5.31. The fraction of sp³-hybridized carbons (Fsp3) is 0. The van der Waals surface area contributed by atoms with Gasteiger partial charge < -0.3 is 5.32 Å². The molecule has 0 unspecified atom stereocenters. The van der Waals surface area contributed by atoms with Crippen LogP contribution in [-0.4, -0.2) is 29.7 Å². The van der Waals surface area contributed by atoms with Crippen molar-refractivity contribution in [3.63, 3.8) is 0 Å². The van der Waals surface area contributed by atoms with E-state index in [0.717, 1.165) is 16.9 Å². The summed E-state index contributed by atoms with van der Waals surface area (Å²) in [5, 5.41) is 16.5. The van der Waals surface area contributed by atoms with Crippen LogP contribution in [0.2, 0.25) is 0 Å². The predicted molar refractivity (Wildman–Crippen MR) is 94.6 cm³/mol. The Morgan fingerprint density at radius 1 is 1.00 bits per heavy atom. The summed E-state index contributed by atoms with van der Waals surface area (Å²) in [6.07, 6.45) is 7.92. The van der Waals surface area contributed by atoms with Crippen LogP contribution in [0.4, 0.5) is 11.6 Å². The third-order valence-corrected chi connectivity index (χ3v) is 3.68. The molecule has 0 fully saturated rings. The number of hydrogen-bond acceptors (Lipinski definition) is 7. The first-order valence-electron chi connectivity index (χ1n) is 7.73. The lowest BCUT2D eigenvalue weighted by atomic mass is 10.1. The number of nitrogens with zero attached hydrogens (tertiary/aromatic N) is 7. The van der Waals surface area contributed by atoms with Crippen molar-refractivity contribution in [3.05, 3.63) is 73.2 Å². The van der Waals surface area contributed by atoms with E-state index in [0.29, 0.717) is 17.2 Å². The van der Waals surface area contributed by atoms with E-state index in [1.165, 1.54) is 12.5 Å². The van der Waals surface area contributed by atoms with Gasteiger partial charge in [-0.3, -0.25) is 4.98 Å². The fourth-order valence-electron chi connectivity index (χ4n) is 2.44. The Morgan fingerprint density at radius 3 is 2.65 bits per heavy atom. The molecule has 0 saturated carbocycles. The maximum atomic E-state index is 9.23. The molecule has 0 saturated heterocycles. The van der Waals surface area contributed by atoms with Gasteiger partial charge in [0.1, 0.15) is 18.7 Å². The second-order valence-electron chi connectivity index (χ2n) is 5.31. The van der Waals surface area contributed by atoms with Gasteiger partial charge in [-0.2, -0.15) is 10.4 Å². The largest absolute Gasteiger partial charge is 0.324 e. The lowest BCUT2D eigenvalue weighted by molar-refractivity contribution is 0.879. The zero-order valence-corrected chi connectivity index (χ0v) is 13.5. The zero-order valence-electron chi connectivity index (χ0n) is 13.5. The number of rotatable bonds is 4. The summed E-state index contributed by atoms with van der Waals surface area (Å²) < 4.78 is 1.67. The molecule has 1 N–H and O–H groups in total. The molecule has 4 aromatic rings. The minimum Gasteiger partial charge on any atom is -0.324 e. The number of aromatic nitrogens is 6.